The van der Waals surface area contributed by atoms with E-state index in [-0.39, 0.29) is 11.2 Å². The molecule has 0 atom stereocenters. The summed E-state index contributed by atoms with van der Waals surface area (Å²) in [4.78, 5) is 11.8. The third-order valence-corrected chi connectivity index (χ3v) is 3.73. The highest BCUT2D eigenvalue weighted by molar-refractivity contribution is 9.10. The smallest absolute Gasteiger partial charge is 0.163 e. The first-order valence-corrected chi connectivity index (χ1v) is 7.66. The van der Waals surface area contributed by atoms with Gasteiger partial charge in [0.05, 0.1) is 5.56 Å². The summed E-state index contributed by atoms with van der Waals surface area (Å²) in [7, 11) is 0. The van der Waals surface area contributed by atoms with Gasteiger partial charge in [-0.15, -0.1) is 0 Å². The van der Waals surface area contributed by atoms with Crippen LogP contribution in [0.15, 0.2) is 46.9 Å². The number of benzene rings is 2. The van der Waals surface area contributed by atoms with Gasteiger partial charge >= 0.3 is 0 Å². The number of halogens is 1. The predicted molar refractivity (Wildman–Crippen MR) is 89.4 cm³/mol. The molecule has 0 aromatic heterocycles. The average molecular weight is 347 g/mol. The Morgan fingerprint density at radius 1 is 1.05 bits per heavy atom. The Morgan fingerprint density at radius 2 is 1.71 bits per heavy atom. The molecule has 0 aliphatic rings. The summed E-state index contributed by atoms with van der Waals surface area (Å²) in [5.41, 5.74) is 1.66. The Balaban J connectivity index is 2.47. The maximum absolute atomic E-state index is 11.8. The zero-order valence-electron chi connectivity index (χ0n) is 12.7. The van der Waals surface area contributed by atoms with Gasteiger partial charge in [-0.05, 0) is 36.6 Å². The predicted octanol–water partition coefficient (Wildman–Crippen LogP) is 5.74. The van der Waals surface area contributed by atoms with E-state index in [0.29, 0.717) is 11.3 Å². The van der Waals surface area contributed by atoms with E-state index in [1.54, 1.807) is 13.0 Å². The lowest BCUT2D eigenvalue weighted by Gasteiger charge is -2.23. The number of hydrogen-bond donors (Lipinski definition) is 0. The van der Waals surface area contributed by atoms with Crippen LogP contribution in [0.3, 0.4) is 0 Å². The normalized spacial score (nSPS) is 11.3. The van der Waals surface area contributed by atoms with Crippen molar-refractivity contribution in [3.8, 4) is 11.5 Å². The van der Waals surface area contributed by atoms with E-state index in [1.807, 2.05) is 30.3 Å². The highest BCUT2D eigenvalue weighted by Gasteiger charge is 2.20. The standard InChI is InChI=1S/C18H19BrO2/c1-12(20)14-11-13(19)9-10-16(14)21-17-8-6-5-7-15(17)18(2,3)4/h5-11H,1-4H3. The van der Waals surface area contributed by atoms with Gasteiger partial charge < -0.3 is 4.74 Å². The first kappa shape index (κ1) is 15.8. The fourth-order valence-corrected chi connectivity index (χ4v) is 2.52. The van der Waals surface area contributed by atoms with Gasteiger partial charge in [0, 0.05) is 10.0 Å². The van der Waals surface area contributed by atoms with Gasteiger partial charge in [0.2, 0.25) is 0 Å². The Bertz CT molecular complexity index is 669. The highest BCUT2D eigenvalue weighted by Crippen LogP contribution is 2.35. The van der Waals surface area contributed by atoms with E-state index in [2.05, 4.69) is 42.8 Å². The van der Waals surface area contributed by atoms with Gasteiger partial charge in [0.1, 0.15) is 11.5 Å². The van der Waals surface area contributed by atoms with Crippen molar-refractivity contribution in [3.63, 3.8) is 0 Å². The molecule has 0 aliphatic carbocycles. The van der Waals surface area contributed by atoms with Crippen molar-refractivity contribution >= 4 is 21.7 Å². The fourth-order valence-electron chi connectivity index (χ4n) is 2.16. The van der Waals surface area contributed by atoms with Crippen molar-refractivity contribution < 1.29 is 9.53 Å². The molecule has 0 spiro atoms. The molecular formula is C18H19BrO2. The van der Waals surface area contributed by atoms with Crippen molar-refractivity contribution in [2.75, 3.05) is 0 Å². The molecular weight excluding hydrogens is 328 g/mol. The SMILES string of the molecule is CC(=O)c1cc(Br)ccc1Oc1ccccc1C(C)(C)C. The molecule has 3 heteroatoms. The van der Waals surface area contributed by atoms with Crippen molar-refractivity contribution in [1.82, 2.24) is 0 Å². The molecule has 2 aromatic carbocycles. The number of rotatable bonds is 3. The quantitative estimate of drug-likeness (QED) is 0.662. The van der Waals surface area contributed by atoms with Crippen LogP contribution in [-0.2, 0) is 5.41 Å². The van der Waals surface area contributed by atoms with Crippen LogP contribution >= 0.6 is 15.9 Å². The molecule has 0 N–H and O–H groups in total. The summed E-state index contributed by atoms with van der Waals surface area (Å²) >= 11 is 3.39. The molecule has 0 amide bonds. The molecule has 0 radical (unpaired) electrons. The zero-order chi connectivity index (χ0) is 15.6. The molecule has 0 unspecified atom stereocenters. The fraction of sp³-hybridized carbons (Fsp3) is 0.278. The van der Waals surface area contributed by atoms with Crippen LogP contribution in [0.2, 0.25) is 0 Å². The van der Waals surface area contributed by atoms with Crippen molar-refractivity contribution in [2.45, 2.75) is 33.1 Å². The minimum atomic E-state index is -0.0255. The number of ether oxygens (including phenoxy) is 1. The van der Waals surface area contributed by atoms with Crippen molar-refractivity contribution in [1.29, 1.82) is 0 Å². The Labute approximate surface area is 134 Å². The summed E-state index contributed by atoms with van der Waals surface area (Å²) in [6, 6.07) is 13.4. The summed E-state index contributed by atoms with van der Waals surface area (Å²) < 4.78 is 6.91. The molecule has 0 fully saturated rings. The molecule has 0 heterocycles. The summed E-state index contributed by atoms with van der Waals surface area (Å²) in [6.07, 6.45) is 0. The van der Waals surface area contributed by atoms with E-state index in [9.17, 15) is 4.79 Å². The Morgan fingerprint density at radius 3 is 2.33 bits per heavy atom. The first-order chi connectivity index (χ1) is 9.79. The molecule has 2 nitrogen and oxygen atoms in total. The summed E-state index contributed by atoms with van der Waals surface area (Å²) in [6.45, 7) is 7.97. The van der Waals surface area contributed by atoms with Crippen LogP contribution in [0, 0.1) is 0 Å². The van der Waals surface area contributed by atoms with E-state index in [4.69, 9.17) is 4.74 Å². The lowest BCUT2D eigenvalue weighted by molar-refractivity contribution is 0.101. The van der Waals surface area contributed by atoms with Gasteiger partial charge in [-0.2, -0.15) is 0 Å². The third-order valence-electron chi connectivity index (χ3n) is 3.24. The van der Waals surface area contributed by atoms with Crippen LogP contribution < -0.4 is 4.74 Å². The molecule has 0 bridgehead atoms. The van der Waals surface area contributed by atoms with Gasteiger partial charge in [-0.1, -0.05) is 54.9 Å². The van der Waals surface area contributed by atoms with Gasteiger partial charge in [0.15, 0.2) is 5.78 Å². The van der Waals surface area contributed by atoms with Crippen LogP contribution in [0.4, 0.5) is 0 Å². The van der Waals surface area contributed by atoms with Crippen LogP contribution in [0.25, 0.3) is 0 Å². The number of carbonyl (C=O) groups is 1. The number of carbonyl (C=O) groups excluding carboxylic acids is 1. The van der Waals surface area contributed by atoms with E-state index in [0.717, 1.165) is 15.8 Å². The molecule has 0 saturated carbocycles. The third kappa shape index (κ3) is 3.73. The maximum Gasteiger partial charge on any atom is 0.163 e. The highest BCUT2D eigenvalue weighted by atomic mass is 79.9. The molecule has 2 rings (SSSR count). The topological polar surface area (TPSA) is 26.3 Å². The second-order valence-corrected chi connectivity index (χ2v) is 6.96. The van der Waals surface area contributed by atoms with Gasteiger partial charge in [-0.3, -0.25) is 4.79 Å². The van der Waals surface area contributed by atoms with Crippen LogP contribution in [0.5, 0.6) is 11.5 Å². The second-order valence-electron chi connectivity index (χ2n) is 6.04. The number of hydrogen-bond acceptors (Lipinski definition) is 2. The summed E-state index contributed by atoms with van der Waals surface area (Å²) in [5.74, 6) is 1.36. The molecule has 21 heavy (non-hydrogen) atoms. The zero-order valence-corrected chi connectivity index (χ0v) is 14.3. The van der Waals surface area contributed by atoms with Crippen molar-refractivity contribution in [2.24, 2.45) is 0 Å². The number of ketones is 1. The minimum Gasteiger partial charge on any atom is -0.456 e. The van der Waals surface area contributed by atoms with Crippen LogP contribution in [0.1, 0.15) is 43.6 Å². The van der Waals surface area contributed by atoms with E-state index < -0.39 is 0 Å². The molecule has 2 aromatic rings. The largest absolute Gasteiger partial charge is 0.456 e. The van der Waals surface area contributed by atoms with Crippen LogP contribution in [-0.4, -0.2) is 5.78 Å². The van der Waals surface area contributed by atoms with Crippen molar-refractivity contribution in [3.05, 3.63) is 58.1 Å². The lowest BCUT2D eigenvalue weighted by atomic mass is 9.86. The molecule has 0 saturated heterocycles. The minimum absolute atomic E-state index is 0.0143. The second kappa shape index (κ2) is 6.02. The molecule has 110 valence electrons. The monoisotopic (exact) mass is 346 g/mol. The number of Topliss-reactive ketones (excluding diaryl/α,β-unsaturated/α-hetero) is 1. The maximum atomic E-state index is 11.8. The first-order valence-electron chi connectivity index (χ1n) is 6.87. The summed E-state index contributed by atoms with van der Waals surface area (Å²) in [5, 5.41) is 0. The number of para-hydroxylation sites is 1. The Hall–Kier alpha value is -1.61. The van der Waals surface area contributed by atoms with E-state index in [1.165, 1.54) is 0 Å². The molecule has 0 aliphatic heterocycles. The van der Waals surface area contributed by atoms with Gasteiger partial charge in [-0.25, -0.2) is 0 Å². The lowest BCUT2D eigenvalue weighted by Crippen LogP contribution is -2.12. The van der Waals surface area contributed by atoms with E-state index >= 15 is 0 Å². The average Bonchev–Trinajstić information content (AvgIpc) is 2.40. The van der Waals surface area contributed by atoms with Gasteiger partial charge in [0.25, 0.3) is 0 Å². The Kier molecular flexibility index (Phi) is 4.52.